The van der Waals surface area contributed by atoms with E-state index in [1.807, 2.05) is 66.7 Å². The normalized spacial score (nSPS) is 11.1. The lowest BCUT2D eigenvalue weighted by atomic mass is 10.0. The lowest BCUT2D eigenvalue weighted by Crippen LogP contribution is -2.14. The standard InChI is InChI=1S/C25H17N3O2/c1-15(29)18-14-26-19-12-13-20-24(21(19)25(18)30)28-23(17-10-6-3-7-11-17)22(27-20)16-8-4-2-5-9-16/h2-14H,1H3,(H,26,30). The van der Waals surface area contributed by atoms with Gasteiger partial charge in [0, 0.05) is 17.3 Å². The molecule has 0 radical (unpaired) electrons. The van der Waals surface area contributed by atoms with Gasteiger partial charge in [-0.05, 0) is 19.1 Å². The van der Waals surface area contributed by atoms with Crippen LogP contribution in [0.15, 0.2) is 83.8 Å². The van der Waals surface area contributed by atoms with Gasteiger partial charge in [0.1, 0.15) is 5.52 Å². The van der Waals surface area contributed by atoms with Gasteiger partial charge in [-0.3, -0.25) is 9.59 Å². The molecular weight excluding hydrogens is 374 g/mol. The first-order chi connectivity index (χ1) is 14.6. The van der Waals surface area contributed by atoms with E-state index in [9.17, 15) is 9.59 Å². The van der Waals surface area contributed by atoms with Gasteiger partial charge in [-0.25, -0.2) is 9.97 Å². The average Bonchev–Trinajstić information content (AvgIpc) is 2.79. The van der Waals surface area contributed by atoms with Gasteiger partial charge in [0.05, 0.1) is 33.4 Å². The summed E-state index contributed by atoms with van der Waals surface area (Å²) >= 11 is 0. The molecule has 5 aromatic rings. The number of nitrogens with one attached hydrogen (secondary N) is 1. The number of carbonyl (C=O) groups excluding carboxylic acids is 1. The number of rotatable bonds is 3. The fourth-order valence-electron chi connectivity index (χ4n) is 3.68. The van der Waals surface area contributed by atoms with Gasteiger partial charge in [0.15, 0.2) is 5.78 Å². The predicted octanol–water partition coefficient (Wildman–Crippen LogP) is 5.01. The second-order valence-electron chi connectivity index (χ2n) is 7.10. The van der Waals surface area contributed by atoms with Crippen LogP contribution in [0, 0.1) is 0 Å². The van der Waals surface area contributed by atoms with Crippen molar-refractivity contribution >= 4 is 27.7 Å². The minimum atomic E-state index is -0.331. The van der Waals surface area contributed by atoms with Crippen molar-refractivity contribution in [3.8, 4) is 22.5 Å². The van der Waals surface area contributed by atoms with Gasteiger partial charge in [-0.1, -0.05) is 60.7 Å². The number of aromatic nitrogens is 3. The molecule has 5 nitrogen and oxygen atoms in total. The molecule has 144 valence electrons. The lowest BCUT2D eigenvalue weighted by molar-refractivity contribution is 0.101. The maximum atomic E-state index is 13.1. The average molecular weight is 391 g/mol. The highest BCUT2D eigenvalue weighted by Gasteiger charge is 2.17. The molecule has 0 aliphatic heterocycles. The molecule has 0 aliphatic carbocycles. The monoisotopic (exact) mass is 391 g/mol. The van der Waals surface area contributed by atoms with Gasteiger partial charge in [-0.15, -0.1) is 0 Å². The van der Waals surface area contributed by atoms with Crippen LogP contribution >= 0.6 is 0 Å². The maximum Gasteiger partial charge on any atom is 0.202 e. The fourth-order valence-corrected chi connectivity index (χ4v) is 3.68. The number of Topliss-reactive ketones (excluding diaryl/α,β-unsaturated/α-hetero) is 1. The molecule has 2 heterocycles. The number of aromatic amines is 1. The Hall–Kier alpha value is -4.12. The van der Waals surface area contributed by atoms with Crippen molar-refractivity contribution in [1.82, 2.24) is 15.0 Å². The number of carbonyl (C=O) groups is 1. The van der Waals surface area contributed by atoms with Gasteiger partial charge in [-0.2, -0.15) is 0 Å². The zero-order chi connectivity index (χ0) is 20.7. The Bertz CT molecular complexity index is 1470. The smallest absolute Gasteiger partial charge is 0.202 e. The molecule has 0 bridgehead atoms. The molecule has 0 atom stereocenters. The van der Waals surface area contributed by atoms with E-state index < -0.39 is 0 Å². The summed E-state index contributed by atoms with van der Waals surface area (Å²) in [4.78, 5) is 37.9. The Morgan fingerprint density at radius 1 is 0.800 bits per heavy atom. The fraction of sp³-hybridized carbons (Fsp3) is 0.0400. The zero-order valence-electron chi connectivity index (χ0n) is 16.2. The van der Waals surface area contributed by atoms with Crippen molar-refractivity contribution in [1.29, 1.82) is 0 Å². The van der Waals surface area contributed by atoms with Crippen LogP contribution in [0.4, 0.5) is 0 Å². The van der Waals surface area contributed by atoms with Gasteiger partial charge >= 0.3 is 0 Å². The Balaban J connectivity index is 1.93. The van der Waals surface area contributed by atoms with Crippen LogP contribution in [0.2, 0.25) is 0 Å². The zero-order valence-corrected chi connectivity index (χ0v) is 16.2. The van der Waals surface area contributed by atoms with Crippen LogP contribution < -0.4 is 5.43 Å². The molecule has 0 saturated heterocycles. The second kappa shape index (κ2) is 7.04. The second-order valence-corrected chi connectivity index (χ2v) is 7.10. The van der Waals surface area contributed by atoms with Crippen LogP contribution in [0.3, 0.4) is 0 Å². The highest BCUT2D eigenvalue weighted by atomic mass is 16.1. The van der Waals surface area contributed by atoms with Crippen molar-refractivity contribution in [3.05, 3.63) is 94.8 Å². The summed E-state index contributed by atoms with van der Waals surface area (Å²) in [5, 5.41) is 0.379. The van der Waals surface area contributed by atoms with E-state index in [4.69, 9.17) is 9.97 Å². The third-order valence-electron chi connectivity index (χ3n) is 5.15. The first-order valence-electron chi connectivity index (χ1n) is 9.61. The summed E-state index contributed by atoms with van der Waals surface area (Å²) in [6.45, 7) is 1.39. The van der Waals surface area contributed by atoms with Gasteiger partial charge in [0.2, 0.25) is 5.43 Å². The predicted molar refractivity (Wildman–Crippen MR) is 119 cm³/mol. The molecule has 2 aromatic heterocycles. The summed E-state index contributed by atoms with van der Waals surface area (Å²) in [6.07, 6.45) is 1.46. The molecule has 0 spiro atoms. The lowest BCUT2D eigenvalue weighted by Gasteiger charge is -2.12. The highest BCUT2D eigenvalue weighted by molar-refractivity contribution is 6.06. The summed E-state index contributed by atoms with van der Waals surface area (Å²) in [6, 6.07) is 23.3. The van der Waals surface area contributed by atoms with Crippen molar-refractivity contribution in [2.45, 2.75) is 6.92 Å². The summed E-state index contributed by atoms with van der Waals surface area (Å²) in [7, 11) is 0. The van der Waals surface area contributed by atoms with Crippen molar-refractivity contribution in [2.75, 3.05) is 0 Å². The van der Waals surface area contributed by atoms with Crippen LogP contribution in [0.25, 0.3) is 44.5 Å². The summed E-state index contributed by atoms with van der Waals surface area (Å²) in [5.41, 5.74) is 4.77. The quantitative estimate of drug-likeness (QED) is 0.347. The van der Waals surface area contributed by atoms with E-state index in [2.05, 4.69) is 4.98 Å². The van der Waals surface area contributed by atoms with Crippen LogP contribution in [0.1, 0.15) is 17.3 Å². The molecule has 0 fully saturated rings. The minimum absolute atomic E-state index is 0.116. The SMILES string of the molecule is CC(=O)c1c[nH]c2ccc3nc(-c4ccccc4)c(-c4ccccc4)nc3c2c1=O. The Morgan fingerprint density at radius 2 is 1.40 bits per heavy atom. The molecule has 5 rings (SSSR count). The molecule has 0 unspecified atom stereocenters. The maximum absolute atomic E-state index is 13.1. The third-order valence-corrected chi connectivity index (χ3v) is 5.15. The van der Waals surface area contributed by atoms with Crippen molar-refractivity contribution in [3.63, 3.8) is 0 Å². The van der Waals surface area contributed by atoms with Crippen LogP contribution in [0.5, 0.6) is 0 Å². The van der Waals surface area contributed by atoms with E-state index >= 15 is 0 Å². The van der Waals surface area contributed by atoms with E-state index in [0.29, 0.717) is 27.6 Å². The van der Waals surface area contributed by atoms with Gasteiger partial charge < -0.3 is 4.98 Å². The Morgan fingerprint density at radius 3 is 2.00 bits per heavy atom. The van der Waals surface area contributed by atoms with E-state index in [0.717, 1.165) is 16.8 Å². The number of hydrogen-bond donors (Lipinski definition) is 1. The highest BCUT2D eigenvalue weighted by Crippen LogP contribution is 2.32. The van der Waals surface area contributed by atoms with Crippen LogP contribution in [-0.4, -0.2) is 20.7 Å². The molecular formula is C25H17N3O2. The van der Waals surface area contributed by atoms with Gasteiger partial charge in [0.25, 0.3) is 0 Å². The number of ketones is 1. The molecule has 3 aromatic carbocycles. The number of fused-ring (bicyclic) bond motifs is 3. The molecule has 0 amide bonds. The van der Waals surface area contributed by atoms with Crippen LogP contribution in [-0.2, 0) is 0 Å². The number of benzene rings is 3. The molecule has 0 saturated carbocycles. The van der Waals surface area contributed by atoms with Crippen molar-refractivity contribution in [2.24, 2.45) is 0 Å². The largest absolute Gasteiger partial charge is 0.360 e. The molecule has 5 heteroatoms. The van der Waals surface area contributed by atoms with E-state index in [-0.39, 0.29) is 16.8 Å². The minimum Gasteiger partial charge on any atom is -0.360 e. The molecule has 1 N–H and O–H groups in total. The third kappa shape index (κ3) is 2.88. The first-order valence-corrected chi connectivity index (χ1v) is 9.61. The number of nitrogens with zero attached hydrogens (tertiary/aromatic N) is 2. The summed E-state index contributed by atoms with van der Waals surface area (Å²) < 4.78 is 0. The molecule has 0 aliphatic rings. The van der Waals surface area contributed by atoms with E-state index in [1.54, 1.807) is 6.07 Å². The summed E-state index contributed by atoms with van der Waals surface area (Å²) in [5.74, 6) is -0.285. The first kappa shape index (κ1) is 17.9. The number of hydrogen-bond acceptors (Lipinski definition) is 4. The van der Waals surface area contributed by atoms with Crippen molar-refractivity contribution < 1.29 is 4.79 Å². The number of pyridine rings is 1. The topological polar surface area (TPSA) is 75.7 Å². The number of H-pyrrole nitrogens is 1. The Labute approximate surface area is 172 Å². The molecule has 30 heavy (non-hydrogen) atoms. The van der Waals surface area contributed by atoms with E-state index in [1.165, 1.54) is 13.1 Å². The Kier molecular flexibility index (Phi) is 4.21.